The van der Waals surface area contributed by atoms with Gasteiger partial charge in [0.1, 0.15) is 0 Å². The zero-order valence-electron chi connectivity index (χ0n) is 9.29. The Morgan fingerprint density at radius 3 is 2.73 bits per heavy atom. The molecule has 1 aromatic rings. The fourth-order valence-corrected chi connectivity index (χ4v) is 1.97. The molecule has 1 N–H and O–H groups in total. The van der Waals surface area contributed by atoms with E-state index >= 15 is 0 Å². The van der Waals surface area contributed by atoms with Crippen molar-refractivity contribution in [3.8, 4) is 0 Å². The number of hydrogen-bond acceptors (Lipinski definition) is 2. The number of benzene rings is 1. The summed E-state index contributed by atoms with van der Waals surface area (Å²) in [5.41, 5.74) is 3.85. The Morgan fingerprint density at radius 1 is 1.33 bits per heavy atom. The molecule has 0 aromatic heterocycles. The SMILES string of the molecule is C=Cc1cc(N2CCNCC2)ccc1C. The molecule has 1 fully saturated rings. The van der Waals surface area contributed by atoms with Crippen molar-refractivity contribution in [2.24, 2.45) is 0 Å². The van der Waals surface area contributed by atoms with E-state index in [9.17, 15) is 0 Å². The first-order valence-electron chi connectivity index (χ1n) is 5.50. The van der Waals surface area contributed by atoms with Crippen LogP contribution in [0.2, 0.25) is 0 Å². The summed E-state index contributed by atoms with van der Waals surface area (Å²) in [5, 5.41) is 3.36. The first-order chi connectivity index (χ1) is 7.31. The van der Waals surface area contributed by atoms with Crippen molar-refractivity contribution in [1.82, 2.24) is 5.32 Å². The number of nitrogens with one attached hydrogen (secondary N) is 1. The van der Waals surface area contributed by atoms with E-state index in [4.69, 9.17) is 0 Å². The smallest absolute Gasteiger partial charge is 0.0373 e. The molecular formula is C13H18N2. The fraction of sp³-hybridized carbons (Fsp3) is 0.385. The molecule has 1 aromatic carbocycles. The van der Waals surface area contributed by atoms with Gasteiger partial charge in [0.2, 0.25) is 0 Å². The van der Waals surface area contributed by atoms with Gasteiger partial charge in [0.05, 0.1) is 0 Å². The van der Waals surface area contributed by atoms with Crippen LogP contribution in [0.3, 0.4) is 0 Å². The first-order valence-corrected chi connectivity index (χ1v) is 5.50. The summed E-state index contributed by atoms with van der Waals surface area (Å²) in [6, 6.07) is 6.61. The van der Waals surface area contributed by atoms with Gasteiger partial charge in [-0.1, -0.05) is 18.7 Å². The van der Waals surface area contributed by atoms with Crippen LogP contribution in [0, 0.1) is 6.92 Å². The van der Waals surface area contributed by atoms with Crippen molar-refractivity contribution in [3.05, 3.63) is 35.9 Å². The molecule has 1 aliphatic heterocycles. The topological polar surface area (TPSA) is 15.3 Å². The molecule has 0 aliphatic carbocycles. The normalized spacial score (nSPS) is 16.5. The molecule has 0 spiro atoms. The number of piperazine rings is 1. The second-order valence-corrected chi connectivity index (χ2v) is 3.98. The van der Waals surface area contributed by atoms with Crippen LogP contribution < -0.4 is 10.2 Å². The lowest BCUT2D eigenvalue weighted by Crippen LogP contribution is -2.43. The predicted octanol–water partition coefficient (Wildman–Crippen LogP) is 2.05. The summed E-state index contributed by atoms with van der Waals surface area (Å²) in [7, 11) is 0. The maximum absolute atomic E-state index is 3.85. The molecule has 0 unspecified atom stereocenters. The number of hydrogen-bond donors (Lipinski definition) is 1. The molecule has 1 saturated heterocycles. The molecule has 0 bridgehead atoms. The van der Waals surface area contributed by atoms with Crippen LogP contribution in [0.1, 0.15) is 11.1 Å². The molecular weight excluding hydrogens is 184 g/mol. The highest BCUT2D eigenvalue weighted by atomic mass is 15.2. The lowest BCUT2D eigenvalue weighted by atomic mass is 10.1. The van der Waals surface area contributed by atoms with E-state index in [-0.39, 0.29) is 0 Å². The maximum Gasteiger partial charge on any atom is 0.0373 e. The lowest BCUT2D eigenvalue weighted by Gasteiger charge is -2.29. The largest absolute Gasteiger partial charge is 0.369 e. The van der Waals surface area contributed by atoms with E-state index in [0.29, 0.717) is 0 Å². The van der Waals surface area contributed by atoms with Gasteiger partial charge in [-0.05, 0) is 30.2 Å². The molecule has 0 amide bonds. The Bertz CT molecular complexity index is 352. The maximum atomic E-state index is 3.85. The van der Waals surface area contributed by atoms with Crippen LogP contribution in [0.5, 0.6) is 0 Å². The fourth-order valence-electron chi connectivity index (χ4n) is 1.97. The number of rotatable bonds is 2. The van der Waals surface area contributed by atoms with Crippen molar-refractivity contribution in [2.45, 2.75) is 6.92 Å². The summed E-state index contributed by atoms with van der Waals surface area (Å²) in [6.07, 6.45) is 1.93. The third-order valence-corrected chi connectivity index (χ3v) is 2.96. The van der Waals surface area contributed by atoms with E-state index in [1.54, 1.807) is 0 Å². The molecule has 2 nitrogen and oxygen atoms in total. The van der Waals surface area contributed by atoms with Crippen molar-refractivity contribution < 1.29 is 0 Å². The average molecular weight is 202 g/mol. The quantitative estimate of drug-likeness (QED) is 0.789. The van der Waals surface area contributed by atoms with Crippen LogP contribution in [0.4, 0.5) is 5.69 Å². The molecule has 80 valence electrons. The zero-order chi connectivity index (χ0) is 10.7. The average Bonchev–Trinajstić information content (AvgIpc) is 2.31. The van der Waals surface area contributed by atoms with Gasteiger partial charge in [-0.2, -0.15) is 0 Å². The summed E-state index contributed by atoms with van der Waals surface area (Å²) in [6.45, 7) is 10.3. The Kier molecular flexibility index (Phi) is 3.07. The molecule has 15 heavy (non-hydrogen) atoms. The van der Waals surface area contributed by atoms with E-state index in [1.807, 2.05) is 6.08 Å². The van der Waals surface area contributed by atoms with Crippen molar-refractivity contribution in [3.63, 3.8) is 0 Å². The molecule has 0 radical (unpaired) electrons. The van der Waals surface area contributed by atoms with Gasteiger partial charge in [-0.3, -0.25) is 0 Å². The Hall–Kier alpha value is -1.28. The van der Waals surface area contributed by atoms with E-state index in [2.05, 4.69) is 41.9 Å². The van der Waals surface area contributed by atoms with Crippen molar-refractivity contribution in [1.29, 1.82) is 0 Å². The van der Waals surface area contributed by atoms with Crippen molar-refractivity contribution >= 4 is 11.8 Å². The standard InChI is InChI=1S/C13H18N2/c1-3-12-10-13(5-4-11(12)2)15-8-6-14-7-9-15/h3-5,10,14H,1,6-9H2,2H3. The van der Waals surface area contributed by atoms with Crippen LogP contribution in [-0.2, 0) is 0 Å². The third kappa shape index (κ3) is 2.21. The predicted molar refractivity (Wildman–Crippen MR) is 66.4 cm³/mol. The minimum atomic E-state index is 1.08. The zero-order valence-corrected chi connectivity index (χ0v) is 9.29. The van der Waals surface area contributed by atoms with Gasteiger partial charge in [0, 0.05) is 31.9 Å². The Balaban J connectivity index is 2.23. The summed E-state index contributed by atoms with van der Waals surface area (Å²) in [4.78, 5) is 2.42. The monoisotopic (exact) mass is 202 g/mol. The highest BCUT2D eigenvalue weighted by Crippen LogP contribution is 2.20. The van der Waals surface area contributed by atoms with Crippen molar-refractivity contribution in [2.75, 3.05) is 31.1 Å². The minimum absolute atomic E-state index is 1.08. The number of aryl methyl sites for hydroxylation is 1. The highest BCUT2D eigenvalue weighted by Gasteiger charge is 2.10. The van der Waals surface area contributed by atoms with Crippen LogP contribution >= 0.6 is 0 Å². The molecule has 2 heteroatoms. The van der Waals surface area contributed by atoms with Crippen LogP contribution in [0.15, 0.2) is 24.8 Å². The summed E-state index contributed by atoms with van der Waals surface area (Å²) < 4.78 is 0. The summed E-state index contributed by atoms with van der Waals surface area (Å²) in [5.74, 6) is 0. The van der Waals surface area contributed by atoms with Crippen LogP contribution in [-0.4, -0.2) is 26.2 Å². The molecule has 0 saturated carbocycles. The van der Waals surface area contributed by atoms with Gasteiger partial charge in [0.15, 0.2) is 0 Å². The van der Waals surface area contributed by atoms with E-state index < -0.39 is 0 Å². The molecule has 1 heterocycles. The number of nitrogens with zero attached hydrogens (tertiary/aromatic N) is 1. The van der Waals surface area contributed by atoms with E-state index in [0.717, 1.165) is 26.2 Å². The van der Waals surface area contributed by atoms with Gasteiger partial charge < -0.3 is 10.2 Å². The first kappa shape index (κ1) is 10.2. The molecule has 1 aliphatic rings. The Morgan fingerprint density at radius 2 is 2.07 bits per heavy atom. The van der Waals surface area contributed by atoms with Crippen LogP contribution in [0.25, 0.3) is 6.08 Å². The number of anilines is 1. The summed E-state index contributed by atoms with van der Waals surface area (Å²) >= 11 is 0. The van der Waals surface area contributed by atoms with Gasteiger partial charge in [0.25, 0.3) is 0 Å². The second kappa shape index (κ2) is 4.49. The van der Waals surface area contributed by atoms with Gasteiger partial charge >= 0.3 is 0 Å². The van der Waals surface area contributed by atoms with Gasteiger partial charge in [-0.15, -0.1) is 0 Å². The minimum Gasteiger partial charge on any atom is -0.369 e. The van der Waals surface area contributed by atoms with Gasteiger partial charge in [-0.25, -0.2) is 0 Å². The lowest BCUT2D eigenvalue weighted by molar-refractivity contribution is 0.589. The Labute approximate surface area is 91.6 Å². The molecule has 2 rings (SSSR count). The highest BCUT2D eigenvalue weighted by molar-refractivity contribution is 5.60. The second-order valence-electron chi connectivity index (χ2n) is 3.98. The molecule has 0 atom stereocenters. The third-order valence-electron chi connectivity index (χ3n) is 2.96. The van der Waals surface area contributed by atoms with E-state index in [1.165, 1.54) is 16.8 Å².